The van der Waals surface area contributed by atoms with Gasteiger partial charge >= 0.3 is 0 Å². The fraction of sp³-hybridized carbons (Fsp3) is 0.800. The number of unbranched alkanes of at least 4 members (excludes halogenated alkanes) is 1. The molecule has 0 unspecified atom stereocenters. The van der Waals surface area contributed by atoms with Crippen molar-refractivity contribution in [2.45, 2.75) is 52.5 Å². The maximum Gasteiger partial charge on any atom is 0.216 e. The number of piperazine rings is 1. The Hall–Kier alpha value is -1.60. The van der Waals surface area contributed by atoms with Gasteiger partial charge in [-0.25, -0.2) is 9.98 Å². The predicted octanol–water partition coefficient (Wildman–Crippen LogP) is 2.05. The zero-order valence-electron chi connectivity index (χ0n) is 17.8. The van der Waals surface area contributed by atoms with E-state index in [0.717, 1.165) is 31.2 Å². The molecule has 2 heterocycles. The lowest BCUT2D eigenvalue weighted by Gasteiger charge is -2.32. The van der Waals surface area contributed by atoms with Gasteiger partial charge in [-0.3, -0.25) is 0 Å². The zero-order valence-corrected chi connectivity index (χ0v) is 17.8. The lowest BCUT2D eigenvalue weighted by atomic mass is 9.94. The van der Waals surface area contributed by atoms with Crippen LogP contribution in [0.5, 0.6) is 0 Å². The Morgan fingerprint density at radius 1 is 1.19 bits per heavy atom. The van der Waals surface area contributed by atoms with Crippen LogP contribution in [0, 0.1) is 0 Å². The minimum absolute atomic E-state index is 0.0263. The molecule has 1 aliphatic rings. The molecule has 0 spiro atoms. The molecule has 0 saturated carbocycles. The molecule has 1 aliphatic heterocycles. The lowest BCUT2D eigenvalue weighted by Crippen LogP contribution is -2.44. The van der Waals surface area contributed by atoms with Gasteiger partial charge in [0.25, 0.3) is 0 Å². The van der Waals surface area contributed by atoms with Crippen molar-refractivity contribution in [3.8, 4) is 0 Å². The third kappa shape index (κ3) is 7.89. The summed E-state index contributed by atoms with van der Waals surface area (Å²) in [6.45, 7) is 16.6. The number of rotatable bonds is 8. The van der Waals surface area contributed by atoms with Crippen LogP contribution in [0.15, 0.2) is 15.6 Å². The standard InChI is InChI=1S/C20H38N6O/c1-6-21-19(24-16-18-23-15-17(27-18)20(2,3)4)22-9-7-8-10-26-13-11-25(5)12-14-26/h15H,6-14,16H2,1-5H3,(H2,21,22,24). The van der Waals surface area contributed by atoms with Crippen molar-refractivity contribution in [2.75, 3.05) is 52.9 Å². The quantitative estimate of drug-likeness (QED) is 0.410. The molecule has 0 aromatic carbocycles. The molecule has 7 heteroatoms. The number of likely N-dealkylation sites (N-methyl/N-ethyl adjacent to an activating group) is 1. The second kappa shape index (κ2) is 10.7. The number of hydrogen-bond donors (Lipinski definition) is 2. The van der Waals surface area contributed by atoms with E-state index in [9.17, 15) is 0 Å². The third-order valence-electron chi connectivity index (χ3n) is 4.80. The van der Waals surface area contributed by atoms with E-state index in [2.05, 4.69) is 65.2 Å². The molecule has 2 N–H and O–H groups in total. The maximum atomic E-state index is 5.81. The van der Waals surface area contributed by atoms with Crippen molar-refractivity contribution in [2.24, 2.45) is 4.99 Å². The monoisotopic (exact) mass is 378 g/mol. The number of oxazole rings is 1. The van der Waals surface area contributed by atoms with Crippen molar-refractivity contribution in [1.82, 2.24) is 25.4 Å². The largest absolute Gasteiger partial charge is 0.443 e. The number of aliphatic imine (C=N–C) groups is 1. The average molecular weight is 379 g/mol. The van der Waals surface area contributed by atoms with E-state index in [-0.39, 0.29) is 5.41 Å². The highest BCUT2D eigenvalue weighted by Gasteiger charge is 2.19. The lowest BCUT2D eigenvalue weighted by molar-refractivity contribution is 0.152. The first-order chi connectivity index (χ1) is 12.9. The Morgan fingerprint density at radius 2 is 1.93 bits per heavy atom. The smallest absolute Gasteiger partial charge is 0.216 e. The molecule has 1 aromatic heterocycles. The molecule has 27 heavy (non-hydrogen) atoms. The summed E-state index contributed by atoms with van der Waals surface area (Å²) < 4.78 is 5.81. The third-order valence-corrected chi connectivity index (χ3v) is 4.80. The average Bonchev–Trinajstić information content (AvgIpc) is 3.10. The first kappa shape index (κ1) is 21.7. The Kier molecular flexibility index (Phi) is 8.57. The van der Waals surface area contributed by atoms with Crippen LogP contribution in [0.4, 0.5) is 0 Å². The fourth-order valence-electron chi connectivity index (χ4n) is 2.96. The summed E-state index contributed by atoms with van der Waals surface area (Å²) in [5, 5.41) is 6.70. The molecular formula is C20H38N6O. The summed E-state index contributed by atoms with van der Waals surface area (Å²) >= 11 is 0. The Morgan fingerprint density at radius 3 is 2.56 bits per heavy atom. The molecule has 0 atom stereocenters. The number of nitrogens with zero attached hydrogens (tertiary/aromatic N) is 4. The molecule has 2 rings (SSSR count). The van der Waals surface area contributed by atoms with Gasteiger partial charge in [0.2, 0.25) is 5.89 Å². The minimum Gasteiger partial charge on any atom is -0.443 e. The molecule has 7 nitrogen and oxygen atoms in total. The van der Waals surface area contributed by atoms with E-state index >= 15 is 0 Å². The van der Waals surface area contributed by atoms with Crippen LogP contribution in [-0.2, 0) is 12.0 Å². The van der Waals surface area contributed by atoms with E-state index in [0.29, 0.717) is 12.4 Å². The van der Waals surface area contributed by atoms with E-state index < -0.39 is 0 Å². The van der Waals surface area contributed by atoms with Crippen molar-refractivity contribution >= 4 is 5.96 Å². The van der Waals surface area contributed by atoms with Crippen LogP contribution >= 0.6 is 0 Å². The topological polar surface area (TPSA) is 68.9 Å². The number of nitrogens with one attached hydrogen (secondary N) is 2. The predicted molar refractivity (Wildman–Crippen MR) is 111 cm³/mol. The highest BCUT2D eigenvalue weighted by molar-refractivity contribution is 5.79. The van der Waals surface area contributed by atoms with E-state index in [1.807, 2.05) is 6.20 Å². The van der Waals surface area contributed by atoms with Gasteiger partial charge in [0.1, 0.15) is 12.3 Å². The summed E-state index contributed by atoms with van der Waals surface area (Å²) in [6, 6.07) is 0. The minimum atomic E-state index is -0.0263. The highest BCUT2D eigenvalue weighted by atomic mass is 16.4. The van der Waals surface area contributed by atoms with Gasteiger partial charge < -0.3 is 24.9 Å². The molecule has 1 aromatic rings. The van der Waals surface area contributed by atoms with Gasteiger partial charge in [-0.1, -0.05) is 20.8 Å². The SMILES string of the molecule is CCNC(=NCc1ncc(C(C)(C)C)o1)NCCCCN1CCN(C)CC1. The van der Waals surface area contributed by atoms with Crippen LogP contribution in [0.25, 0.3) is 0 Å². The van der Waals surface area contributed by atoms with Gasteiger partial charge in [0, 0.05) is 44.7 Å². The van der Waals surface area contributed by atoms with Gasteiger partial charge in [-0.2, -0.15) is 0 Å². The molecule has 0 bridgehead atoms. The Balaban J connectivity index is 1.69. The summed E-state index contributed by atoms with van der Waals surface area (Å²) in [7, 11) is 2.20. The van der Waals surface area contributed by atoms with Gasteiger partial charge in [0.15, 0.2) is 5.96 Å². The first-order valence-corrected chi connectivity index (χ1v) is 10.3. The second-order valence-corrected chi connectivity index (χ2v) is 8.34. The zero-order chi connectivity index (χ0) is 19.7. The van der Waals surface area contributed by atoms with Gasteiger partial charge in [-0.15, -0.1) is 0 Å². The highest BCUT2D eigenvalue weighted by Crippen LogP contribution is 2.22. The molecular weight excluding hydrogens is 340 g/mol. The Labute approximate surface area is 164 Å². The van der Waals surface area contributed by atoms with Crippen LogP contribution in [0.2, 0.25) is 0 Å². The molecule has 1 fully saturated rings. The number of hydrogen-bond acceptors (Lipinski definition) is 5. The van der Waals surface area contributed by atoms with Gasteiger partial charge in [0.05, 0.1) is 6.20 Å². The number of aromatic nitrogens is 1. The van der Waals surface area contributed by atoms with Crippen molar-refractivity contribution in [3.05, 3.63) is 17.8 Å². The van der Waals surface area contributed by atoms with Gasteiger partial charge in [-0.05, 0) is 33.4 Å². The summed E-state index contributed by atoms with van der Waals surface area (Å²) in [6.07, 6.45) is 4.16. The van der Waals surface area contributed by atoms with Crippen LogP contribution in [0.1, 0.15) is 52.2 Å². The summed E-state index contributed by atoms with van der Waals surface area (Å²) in [5.41, 5.74) is -0.0263. The fourth-order valence-corrected chi connectivity index (χ4v) is 2.96. The normalized spacial score (nSPS) is 17.3. The van der Waals surface area contributed by atoms with Crippen molar-refractivity contribution < 1.29 is 4.42 Å². The summed E-state index contributed by atoms with van der Waals surface area (Å²) in [4.78, 5) is 13.9. The van der Waals surface area contributed by atoms with Crippen LogP contribution in [0.3, 0.4) is 0 Å². The Bertz CT molecular complexity index is 569. The van der Waals surface area contributed by atoms with Crippen molar-refractivity contribution in [1.29, 1.82) is 0 Å². The molecule has 154 valence electrons. The maximum absolute atomic E-state index is 5.81. The van der Waals surface area contributed by atoms with Crippen LogP contribution in [-0.4, -0.2) is 73.6 Å². The van der Waals surface area contributed by atoms with Crippen molar-refractivity contribution in [3.63, 3.8) is 0 Å². The van der Waals surface area contributed by atoms with Crippen LogP contribution < -0.4 is 10.6 Å². The van der Waals surface area contributed by atoms with E-state index in [4.69, 9.17) is 4.42 Å². The first-order valence-electron chi connectivity index (χ1n) is 10.3. The van der Waals surface area contributed by atoms with E-state index in [1.54, 1.807) is 0 Å². The molecule has 0 aliphatic carbocycles. The molecule has 1 saturated heterocycles. The second-order valence-electron chi connectivity index (χ2n) is 8.34. The van der Waals surface area contributed by atoms with E-state index in [1.165, 1.54) is 39.1 Å². The number of guanidine groups is 1. The summed E-state index contributed by atoms with van der Waals surface area (Å²) in [5.74, 6) is 2.38. The molecule has 0 radical (unpaired) electrons. The molecule has 0 amide bonds.